The van der Waals surface area contributed by atoms with E-state index in [1.54, 1.807) is 42.5 Å². The van der Waals surface area contributed by atoms with Gasteiger partial charge in [-0.1, -0.05) is 41.9 Å². The maximum atomic E-state index is 12.3. The Labute approximate surface area is 114 Å². The Bertz CT molecular complexity index is 621. The fourth-order valence-electron chi connectivity index (χ4n) is 1.64. The first kappa shape index (κ1) is 12.8. The quantitative estimate of drug-likeness (QED) is 0.629. The Morgan fingerprint density at radius 1 is 0.778 bits per heavy atom. The molecule has 0 aliphatic rings. The minimum absolute atomic E-state index is 0.184. The molecule has 0 bridgehead atoms. The number of carbonyl (C=O) groups excluding carboxylic acids is 2. The lowest BCUT2D eigenvalue weighted by Crippen LogP contribution is -2.07. The monoisotopic (exact) mass is 278 g/mol. The molecule has 18 heavy (non-hydrogen) atoms. The van der Waals surface area contributed by atoms with Crippen LogP contribution in [-0.4, -0.2) is 11.0 Å². The lowest BCUT2D eigenvalue weighted by atomic mass is 9.99. The number of hydrogen-bond donors (Lipinski definition) is 0. The number of rotatable bonds is 3. The average Bonchev–Trinajstić information content (AvgIpc) is 2.38. The summed E-state index contributed by atoms with van der Waals surface area (Å²) >= 11 is 11.4. The van der Waals surface area contributed by atoms with Gasteiger partial charge in [0.25, 0.3) is 5.24 Å². The SMILES string of the molecule is O=C(Cl)c1ccccc1C(=O)c1ccccc1Cl. The molecule has 0 spiro atoms. The van der Waals surface area contributed by atoms with Crippen molar-refractivity contribution in [2.45, 2.75) is 0 Å². The second-order valence-corrected chi connectivity index (χ2v) is 4.38. The molecule has 0 unspecified atom stereocenters. The van der Waals surface area contributed by atoms with Gasteiger partial charge in [-0.25, -0.2) is 0 Å². The van der Waals surface area contributed by atoms with Crippen molar-refractivity contribution in [1.29, 1.82) is 0 Å². The number of benzene rings is 2. The van der Waals surface area contributed by atoms with Gasteiger partial charge in [-0.3, -0.25) is 9.59 Å². The van der Waals surface area contributed by atoms with Gasteiger partial charge in [0.1, 0.15) is 0 Å². The third-order valence-corrected chi connectivity index (χ3v) is 3.04. The smallest absolute Gasteiger partial charge is 0.253 e. The van der Waals surface area contributed by atoms with Crippen LogP contribution < -0.4 is 0 Å². The molecule has 0 N–H and O–H groups in total. The van der Waals surface area contributed by atoms with Crippen molar-refractivity contribution in [2.75, 3.05) is 0 Å². The van der Waals surface area contributed by atoms with Gasteiger partial charge < -0.3 is 0 Å². The third-order valence-electron chi connectivity index (χ3n) is 2.50. The molecular weight excluding hydrogens is 271 g/mol. The van der Waals surface area contributed by atoms with Crippen molar-refractivity contribution in [3.8, 4) is 0 Å². The van der Waals surface area contributed by atoms with Gasteiger partial charge in [0, 0.05) is 16.7 Å². The molecular formula is C14H8Cl2O2. The maximum Gasteiger partial charge on any atom is 0.253 e. The van der Waals surface area contributed by atoms with Crippen molar-refractivity contribution in [3.05, 3.63) is 70.2 Å². The molecule has 0 aliphatic heterocycles. The minimum atomic E-state index is -0.661. The van der Waals surface area contributed by atoms with E-state index in [1.807, 2.05) is 0 Å². The van der Waals surface area contributed by atoms with E-state index in [0.29, 0.717) is 10.6 Å². The van der Waals surface area contributed by atoms with Gasteiger partial charge in [0.15, 0.2) is 5.78 Å². The zero-order chi connectivity index (χ0) is 13.1. The highest BCUT2D eigenvalue weighted by Crippen LogP contribution is 2.21. The summed E-state index contributed by atoms with van der Waals surface area (Å²) in [6, 6.07) is 13.1. The molecule has 0 amide bonds. The predicted octanol–water partition coefficient (Wildman–Crippen LogP) is 3.95. The predicted molar refractivity (Wildman–Crippen MR) is 71.5 cm³/mol. The van der Waals surface area contributed by atoms with E-state index in [1.165, 1.54) is 6.07 Å². The minimum Gasteiger partial charge on any atom is -0.289 e. The highest BCUT2D eigenvalue weighted by atomic mass is 35.5. The molecule has 0 saturated carbocycles. The Morgan fingerprint density at radius 3 is 1.83 bits per heavy atom. The second kappa shape index (κ2) is 5.34. The van der Waals surface area contributed by atoms with Crippen LogP contribution in [0.25, 0.3) is 0 Å². The van der Waals surface area contributed by atoms with Crippen LogP contribution >= 0.6 is 23.2 Å². The van der Waals surface area contributed by atoms with E-state index in [2.05, 4.69) is 0 Å². The zero-order valence-electron chi connectivity index (χ0n) is 9.19. The molecule has 4 heteroatoms. The van der Waals surface area contributed by atoms with Gasteiger partial charge in [0.2, 0.25) is 0 Å². The molecule has 2 rings (SSSR count). The summed E-state index contributed by atoms with van der Waals surface area (Å²) in [5.74, 6) is -0.315. The molecule has 0 aromatic heterocycles. The molecule has 90 valence electrons. The first-order valence-corrected chi connectivity index (χ1v) is 5.95. The van der Waals surface area contributed by atoms with Crippen LogP contribution in [0.4, 0.5) is 0 Å². The van der Waals surface area contributed by atoms with Crippen molar-refractivity contribution in [1.82, 2.24) is 0 Å². The molecule has 0 fully saturated rings. The largest absolute Gasteiger partial charge is 0.289 e. The van der Waals surface area contributed by atoms with E-state index < -0.39 is 5.24 Å². The van der Waals surface area contributed by atoms with Crippen molar-refractivity contribution >= 4 is 34.2 Å². The van der Waals surface area contributed by atoms with Crippen LogP contribution in [0.2, 0.25) is 5.02 Å². The van der Waals surface area contributed by atoms with E-state index >= 15 is 0 Å². The summed E-state index contributed by atoms with van der Waals surface area (Å²) in [6.45, 7) is 0. The van der Waals surface area contributed by atoms with Crippen LogP contribution in [0.15, 0.2) is 48.5 Å². The summed E-state index contributed by atoms with van der Waals surface area (Å²) in [7, 11) is 0. The standard InChI is InChI=1S/C14H8Cl2O2/c15-12-8-4-3-7-11(12)13(17)9-5-1-2-6-10(9)14(16)18/h1-8H. The first-order valence-electron chi connectivity index (χ1n) is 5.19. The lowest BCUT2D eigenvalue weighted by Gasteiger charge is -2.06. The second-order valence-electron chi connectivity index (χ2n) is 3.63. The topological polar surface area (TPSA) is 34.1 Å². The van der Waals surface area contributed by atoms with Crippen LogP contribution in [0.1, 0.15) is 26.3 Å². The highest BCUT2D eigenvalue weighted by molar-refractivity contribution is 6.68. The van der Waals surface area contributed by atoms with Crippen molar-refractivity contribution in [3.63, 3.8) is 0 Å². The third kappa shape index (κ3) is 2.45. The average molecular weight is 279 g/mol. The fourth-order valence-corrected chi connectivity index (χ4v) is 2.03. The Balaban J connectivity index is 2.54. The molecule has 0 saturated heterocycles. The Kier molecular flexibility index (Phi) is 3.80. The Morgan fingerprint density at radius 2 is 1.28 bits per heavy atom. The van der Waals surface area contributed by atoms with E-state index in [9.17, 15) is 9.59 Å². The van der Waals surface area contributed by atoms with Crippen molar-refractivity contribution < 1.29 is 9.59 Å². The van der Waals surface area contributed by atoms with Gasteiger partial charge in [-0.2, -0.15) is 0 Å². The number of hydrogen-bond acceptors (Lipinski definition) is 2. The first-order chi connectivity index (χ1) is 8.61. The van der Waals surface area contributed by atoms with Crippen LogP contribution in [-0.2, 0) is 0 Å². The summed E-state index contributed by atoms with van der Waals surface area (Å²) in [5, 5.41) is -0.315. The number of carbonyl (C=O) groups is 2. The molecule has 0 atom stereocenters. The van der Waals surface area contributed by atoms with E-state index in [0.717, 1.165) is 0 Å². The summed E-state index contributed by atoms with van der Waals surface area (Å²) < 4.78 is 0. The van der Waals surface area contributed by atoms with Crippen LogP contribution in [0, 0.1) is 0 Å². The molecule has 2 aromatic carbocycles. The maximum absolute atomic E-state index is 12.3. The summed E-state index contributed by atoms with van der Waals surface area (Å²) in [5.41, 5.74) is 0.791. The van der Waals surface area contributed by atoms with Gasteiger partial charge in [0.05, 0.1) is 5.02 Å². The highest BCUT2D eigenvalue weighted by Gasteiger charge is 2.18. The summed E-state index contributed by atoms with van der Waals surface area (Å²) in [6.07, 6.45) is 0. The summed E-state index contributed by atoms with van der Waals surface area (Å²) in [4.78, 5) is 23.6. The van der Waals surface area contributed by atoms with Crippen LogP contribution in [0.5, 0.6) is 0 Å². The van der Waals surface area contributed by atoms with E-state index in [4.69, 9.17) is 23.2 Å². The van der Waals surface area contributed by atoms with E-state index in [-0.39, 0.29) is 16.9 Å². The van der Waals surface area contributed by atoms with Gasteiger partial charge in [-0.15, -0.1) is 0 Å². The normalized spacial score (nSPS) is 10.1. The molecule has 0 aliphatic carbocycles. The molecule has 0 radical (unpaired) electrons. The fraction of sp³-hybridized carbons (Fsp3) is 0. The lowest BCUT2D eigenvalue weighted by molar-refractivity contribution is 0.102. The Hall–Kier alpha value is -1.64. The molecule has 0 heterocycles. The van der Waals surface area contributed by atoms with Crippen molar-refractivity contribution in [2.24, 2.45) is 0 Å². The molecule has 2 nitrogen and oxygen atoms in total. The molecule has 2 aromatic rings. The number of ketones is 1. The van der Waals surface area contributed by atoms with Gasteiger partial charge >= 0.3 is 0 Å². The number of halogens is 2. The zero-order valence-corrected chi connectivity index (χ0v) is 10.7. The van der Waals surface area contributed by atoms with Crippen LogP contribution in [0.3, 0.4) is 0 Å². The van der Waals surface area contributed by atoms with Gasteiger partial charge in [-0.05, 0) is 29.8 Å².